The van der Waals surface area contributed by atoms with E-state index in [1.165, 1.54) is 19.2 Å². The maximum Gasteiger partial charge on any atom is 0.341 e. The molecule has 2 N–H and O–H groups in total. The lowest BCUT2D eigenvalue weighted by Crippen LogP contribution is -2.52. The lowest BCUT2D eigenvalue weighted by molar-refractivity contribution is 0.0597. The molecule has 0 spiro atoms. The van der Waals surface area contributed by atoms with Crippen LogP contribution in [0.5, 0.6) is 5.75 Å². The minimum Gasteiger partial charge on any atom is -0.507 e. The molecule has 6 nitrogen and oxygen atoms in total. The highest BCUT2D eigenvalue weighted by molar-refractivity contribution is 7.89. The second-order valence-corrected chi connectivity index (χ2v) is 6.95. The predicted octanol–water partition coefficient (Wildman–Crippen LogP) is 1.79. The number of nitrogens with one attached hydrogen (secondary N) is 1. The number of phenols is 1. The van der Waals surface area contributed by atoms with Crippen molar-refractivity contribution >= 4 is 16.0 Å². The minimum atomic E-state index is -3.74. The summed E-state index contributed by atoms with van der Waals surface area (Å²) in [7, 11) is -2.57. The van der Waals surface area contributed by atoms with E-state index in [0.29, 0.717) is 6.42 Å². The van der Waals surface area contributed by atoms with E-state index in [9.17, 15) is 18.3 Å². The molecule has 7 heteroatoms. The van der Waals surface area contributed by atoms with Crippen molar-refractivity contribution < 1.29 is 23.1 Å². The molecule has 1 aliphatic rings. The average Bonchev–Trinajstić information content (AvgIpc) is 2.42. The highest BCUT2D eigenvalue weighted by atomic mass is 32.2. The van der Waals surface area contributed by atoms with E-state index in [0.717, 1.165) is 25.3 Å². The van der Waals surface area contributed by atoms with Crippen LogP contribution in [0.2, 0.25) is 0 Å². The Hall–Kier alpha value is -1.60. The molecule has 1 aromatic carbocycles. The fourth-order valence-corrected chi connectivity index (χ4v) is 3.99. The van der Waals surface area contributed by atoms with Crippen LogP contribution in [0, 0.1) is 0 Å². The van der Waals surface area contributed by atoms with Crippen molar-refractivity contribution in [1.82, 2.24) is 4.72 Å². The van der Waals surface area contributed by atoms with Crippen molar-refractivity contribution in [3.8, 4) is 5.75 Å². The lowest BCUT2D eigenvalue weighted by Gasteiger charge is -2.41. The number of hydrogen-bond acceptors (Lipinski definition) is 5. The van der Waals surface area contributed by atoms with Gasteiger partial charge in [-0.2, -0.15) is 0 Å². The summed E-state index contributed by atoms with van der Waals surface area (Å²) in [6, 6.07) is 3.58. The number of phenolic OH excluding ortho intramolecular Hbond substituents is 1. The maximum atomic E-state index is 12.4. The SMILES string of the molecule is CCC1(NS(=O)(=O)c2ccc(O)c(C(=O)OC)c2)CCC1. The number of sulfonamides is 1. The fraction of sp³-hybridized carbons (Fsp3) is 0.500. The van der Waals surface area contributed by atoms with Gasteiger partial charge < -0.3 is 9.84 Å². The Labute approximate surface area is 124 Å². The Morgan fingerprint density at radius 3 is 2.57 bits per heavy atom. The molecule has 1 aliphatic carbocycles. The number of carbonyl (C=O) groups is 1. The smallest absolute Gasteiger partial charge is 0.341 e. The summed E-state index contributed by atoms with van der Waals surface area (Å²) >= 11 is 0. The van der Waals surface area contributed by atoms with E-state index in [1.807, 2.05) is 6.92 Å². The summed E-state index contributed by atoms with van der Waals surface area (Å²) in [4.78, 5) is 11.5. The van der Waals surface area contributed by atoms with Crippen LogP contribution in [0.4, 0.5) is 0 Å². The molecular formula is C14H19NO5S. The number of carbonyl (C=O) groups excluding carboxylic acids is 1. The van der Waals surface area contributed by atoms with Crippen molar-refractivity contribution in [2.75, 3.05) is 7.11 Å². The highest BCUT2D eigenvalue weighted by Crippen LogP contribution is 2.36. The van der Waals surface area contributed by atoms with E-state index in [2.05, 4.69) is 9.46 Å². The minimum absolute atomic E-state index is 0.0552. The Kier molecular flexibility index (Phi) is 4.25. The van der Waals surface area contributed by atoms with E-state index in [-0.39, 0.29) is 21.7 Å². The predicted molar refractivity (Wildman–Crippen MR) is 76.6 cm³/mol. The molecule has 0 unspecified atom stereocenters. The topological polar surface area (TPSA) is 92.7 Å². The van der Waals surface area contributed by atoms with Gasteiger partial charge in [0.2, 0.25) is 10.0 Å². The van der Waals surface area contributed by atoms with Crippen LogP contribution < -0.4 is 4.72 Å². The first-order valence-corrected chi connectivity index (χ1v) is 8.27. The van der Waals surface area contributed by atoms with Crippen LogP contribution in [0.1, 0.15) is 43.0 Å². The third-order valence-corrected chi connectivity index (χ3v) is 5.60. The summed E-state index contributed by atoms with van der Waals surface area (Å²) in [5.41, 5.74) is -0.554. The third kappa shape index (κ3) is 3.03. The van der Waals surface area contributed by atoms with Crippen LogP contribution >= 0.6 is 0 Å². The van der Waals surface area contributed by atoms with Crippen molar-refractivity contribution in [1.29, 1.82) is 0 Å². The van der Waals surface area contributed by atoms with Crippen molar-refractivity contribution in [2.45, 2.75) is 43.0 Å². The molecule has 0 amide bonds. The third-order valence-electron chi connectivity index (χ3n) is 4.02. The van der Waals surface area contributed by atoms with Gasteiger partial charge in [-0.15, -0.1) is 0 Å². The summed E-state index contributed by atoms with van der Waals surface area (Å²) in [5, 5.41) is 9.62. The highest BCUT2D eigenvalue weighted by Gasteiger charge is 2.39. The molecule has 1 saturated carbocycles. The monoisotopic (exact) mass is 313 g/mol. The van der Waals surface area contributed by atoms with Gasteiger partial charge in [0.1, 0.15) is 11.3 Å². The van der Waals surface area contributed by atoms with E-state index < -0.39 is 16.0 Å². The largest absolute Gasteiger partial charge is 0.507 e. The van der Waals surface area contributed by atoms with Crippen molar-refractivity contribution in [3.63, 3.8) is 0 Å². The number of methoxy groups -OCH3 is 1. The maximum absolute atomic E-state index is 12.4. The molecule has 0 aromatic heterocycles. The van der Waals surface area contributed by atoms with Gasteiger partial charge in [0.25, 0.3) is 0 Å². The average molecular weight is 313 g/mol. The summed E-state index contributed by atoms with van der Waals surface area (Å²) < 4.78 is 32.1. The molecule has 1 fully saturated rings. The second kappa shape index (κ2) is 5.65. The van der Waals surface area contributed by atoms with Gasteiger partial charge in [0, 0.05) is 5.54 Å². The van der Waals surface area contributed by atoms with Gasteiger partial charge in [-0.05, 0) is 43.9 Å². The number of hydrogen-bond donors (Lipinski definition) is 2. The molecule has 0 heterocycles. The van der Waals surface area contributed by atoms with Gasteiger partial charge in [0.05, 0.1) is 12.0 Å². The van der Waals surface area contributed by atoms with E-state index in [4.69, 9.17) is 0 Å². The zero-order chi connectivity index (χ0) is 15.7. The van der Waals surface area contributed by atoms with Crippen molar-refractivity contribution in [2.24, 2.45) is 0 Å². The first-order valence-electron chi connectivity index (χ1n) is 6.79. The fourth-order valence-electron chi connectivity index (χ4n) is 2.43. The van der Waals surface area contributed by atoms with Crippen LogP contribution in [-0.4, -0.2) is 32.1 Å². The van der Waals surface area contributed by atoms with E-state index >= 15 is 0 Å². The number of esters is 1. The summed E-state index contributed by atoms with van der Waals surface area (Å²) in [6.45, 7) is 1.94. The number of ether oxygens (including phenoxy) is 1. The summed E-state index contributed by atoms with van der Waals surface area (Å²) in [6.07, 6.45) is 3.34. The first kappa shape index (κ1) is 15.8. The Balaban J connectivity index is 2.34. The molecular weight excluding hydrogens is 294 g/mol. The molecule has 0 saturated heterocycles. The van der Waals surface area contributed by atoms with Crippen LogP contribution in [-0.2, 0) is 14.8 Å². The normalized spacial score (nSPS) is 17.0. The zero-order valence-corrected chi connectivity index (χ0v) is 12.9. The standard InChI is InChI=1S/C14H19NO5S/c1-3-14(7-4-8-14)15-21(18,19)10-5-6-12(16)11(9-10)13(17)20-2/h5-6,9,15-16H,3-4,7-8H2,1-2H3. The van der Waals surface area contributed by atoms with Crippen LogP contribution in [0.3, 0.4) is 0 Å². The lowest BCUT2D eigenvalue weighted by atomic mass is 9.76. The molecule has 0 radical (unpaired) electrons. The molecule has 116 valence electrons. The molecule has 2 rings (SSSR count). The molecule has 0 aliphatic heterocycles. The van der Waals surface area contributed by atoms with Crippen molar-refractivity contribution in [3.05, 3.63) is 23.8 Å². The quantitative estimate of drug-likeness (QED) is 0.808. The summed E-state index contributed by atoms with van der Waals surface area (Å²) in [5.74, 6) is -1.09. The van der Waals surface area contributed by atoms with E-state index in [1.54, 1.807) is 0 Å². The van der Waals surface area contributed by atoms with Gasteiger partial charge in [-0.3, -0.25) is 0 Å². The molecule has 1 aromatic rings. The Morgan fingerprint density at radius 2 is 2.10 bits per heavy atom. The Morgan fingerprint density at radius 1 is 1.43 bits per heavy atom. The van der Waals surface area contributed by atoms with Crippen LogP contribution in [0.15, 0.2) is 23.1 Å². The number of rotatable bonds is 5. The van der Waals surface area contributed by atoms with Crippen LogP contribution in [0.25, 0.3) is 0 Å². The zero-order valence-electron chi connectivity index (χ0n) is 12.0. The number of benzene rings is 1. The molecule has 0 atom stereocenters. The first-order chi connectivity index (χ1) is 9.83. The van der Waals surface area contributed by atoms with Gasteiger partial charge >= 0.3 is 5.97 Å². The molecule has 0 bridgehead atoms. The van der Waals surface area contributed by atoms with Gasteiger partial charge in [0.15, 0.2) is 0 Å². The van der Waals surface area contributed by atoms with Gasteiger partial charge in [-0.1, -0.05) is 6.92 Å². The second-order valence-electron chi connectivity index (χ2n) is 5.26. The van der Waals surface area contributed by atoms with Gasteiger partial charge in [-0.25, -0.2) is 17.9 Å². The molecule has 21 heavy (non-hydrogen) atoms. The number of aromatic hydroxyl groups is 1. The Bertz CT molecular complexity index is 644.